The lowest BCUT2D eigenvalue weighted by molar-refractivity contribution is 0.281. The largest absolute Gasteiger partial charge is 0.392 e. The predicted octanol–water partition coefficient (Wildman–Crippen LogP) is 2.58. The molecule has 0 saturated heterocycles. The number of thioether (sulfide) groups is 1. The molecule has 0 bridgehead atoms. The first kappa shape index (κ1) is 13.6. The predicted molar refractivity (Wildman–Crippen MR) is 71.8 cm³/mol. The summed E-state index contributed by atoms with van der Waals surface area (Å²) >= 11 is 1.87. The van der Waals surface area contributed by atoms with E-state index in [2.05, 4.69) is 37.6 Å². The van der Waals surface area contributed by atoms with Crippen LogP contribution in [-0.4, -0.2) is 23.2 Å². The molecule has 0 amide bonds. The fraction of sp³-hybridized carbons (Fsp3) is 0.538. The number of aliphatic hydroxyl groups is 1. The van der Waals surface area contributed by atoms with E-state index in [0.29, 0.717) is 11.3 Å². The Morgan fingerprint density at radius 1 is 1.38 bits per heavy atom. The molecule has 2 nitrogen and oxygen atoms in total. The SMILES string of the molecule is CSC(C)CNC(C)c1cccc(CO)c1. The van der Waals surface area contributed by atoms with Crippen molar-refractivity contribution in [3.8, 4) is 0 Å². The van der Waals surface area contributed by atoms with Crippen molar-refractivity contribution in [2.75, 3.05) is 12.8 Å². The van der Waals surface area contributed by atoms with Gasteiger partial charge in [0, 0.05) is 17.8 Å². The fourth-order valence-electron chi connectivity index (χ4n) is 1.50. The van der Waals surface area contributed by atoms with Gasteiger partial charge < -0.3 is 10.4 Å². The van der Waals surface area contributed by atoms with Gasteiger partial charge in [0.25, 0.3) is 0 Å². The Balaban J connectivity index is 2.54. The smallest absolute Gasteiger partial charge is 0.0681 e. The summed E-state index contributed by atoms with van der Waals surface area (Å²) < 4.78 is 0. The third-order valence-electron chi connectivity index (χ3n) is 2.75. The first-order chi connectivity index (χ1) is 7.67. The number of nitrogens with one attached hydrogen (secondary N) is 1. The van der Waals surface area contributed by atoms with E-state index < -0.39 is 0 Å². The zero-order chi connectivity index (χ0) is 12.0. The van der Waals surface area contributed by atoms with Crippen LogP contribution < -0.4 is 5.32 Å². The van der Waals surface area contributed by atoms with E-state index in [4.69, 9.17) is 5.11 Å². The van der Waals surface area contributed by atoms with Gasteiger partial charge in [0.05, 0.1) is 6.61 Å². The molecule has 0 spiro atoms. The maximum Gasteiger partial charge on any atom is 0.0681 e. The summed E-state index contributed by atoms with van der Waals surface area (Å²) in [6.07, 6.45) is 2.13. The molecule has 3 heteroatoms. The molecule has 0 fully saturated rings. The minimum Gasteiger partial charge on any atom is -0.392 e. The molecule has 0 heterocycles. The normalized spacial score (nSPS) is 14.8. The van der Waals surface area contributed by atoms with E-state index in [0.717, 1.165) is 12.1 Å². The second-order valence-corrected chi connectivity index (χ2v) is 5.36. The van der Waals surface area contributed by atoms with Gasteiger partial charge in [0.2, 0.25) is 0 Å². The molecule has 0 aliphatic carbocycles. The Morgan fingerprint density at radius 2 is 2.12 bits per heavy atom. The molecule has 0 radical (unpaired) electrons. The number of hydrogen-bond acceptors (Lipinski definition) is 3. The van der Waals surface area contributed by atoms with Crippen LogP contribution in [0.3, 0.4) is 0 Å². The molecule has 2 atom stereocenters. The van der Waals surface area contributed by atoms with Gasteiger partial charge in [0.1, 0.15) is 0 Å². The van der Waals surface area contributed by atoms with Crippen LogP contribution in [0.1, 0.15) is 31.0 Å². The van der Waals surface area contributed by atoms with Gasteiger partial charge in [-0.1, -0.05) is 31.2 Å². The van der Waals surface area contributed by atoms with Crippen LogP contribution >= 0.6 is 11.8 Å². The lowest BCUT2D eigenvalue weighted by Gasteiger charge is -2.17. The highest BCUT2D eigenvalue weighted by Gasteiger charge is 2.07. The van der Waals surface area contributed by atoms with Crippen molar-refractivity contribution in [1.82, 2.24) is 5.32 Å². The van der Waals surface area contributed by atoms with Crippen LogP contribution in [0.2, 0.25) is 0 Å². The Morgan fingerprint density at radius 3 is 2.75 bits per heavy atom. The molecule has 0 aliphatic heterocycles. The molecular formula is C13H21NOS. The Bertz CT molecular complexity index is 317. The lowest BCUT2D eigenvalue weighted by Crippen LogP contribution is -2.25. The maximum atomic E-state index is 9.08. The van der Waals surface area contributed by atoms with E-state index in [1.54, 1.807) is 0 Å². The van der Waals surface area contributed by atoms with E-state index in [-0.39, 0.29) is 6.61 Å². The Labute approximate surface area is 102 Å². The van der Waals surface area contributed by atoms with Crippen LogP contribution in [0.15, 0.2) is 24.3 Å². The highest BCUT2D eigenvalue weighted by molar-refractivity contribution is 7.99. The standard InChI is InChI=1S/C13H21NOS/c1-10(16-3)8-14-11(2)13-6-4-5-12(7-13)9-15/h4-7,10-11,14-15H,8-9H2,1-3H3. The van der Waals surface area contributed by atoms with Gasteiger partial charge in [-0.05, 0) is 24.3 Å². The second-order valence-electron chi connectivity index (χ2n) is 4.08. The van der Waals surface area contributed by atoms with Crippen LogP contribution in [0.5, 0.6) is 0 Å². The summed E-state index contributed by atoms with van der Waals surface area (Å²) in [4.78, 5) is 0. The van der Waals surface area contributed by atoms with Crippen molar-refractivity contribution in [3.63, 3.8) is 0 Å². The zero-order valence-corrected chi connectivity index (χ0v) is 11.1. The van der Waals surface area contributed by atoms with Gasteiger partial charge in [-0.3, -0.25) is 0 Å². The van der Waals surface area contributed by atoms with Crippen LogP contribution in [0.25, 0.3) is 0 Å². The molecule has 1 aromatic carbocycles. The van der Waals surface area contributed by atoms with Crippen molar-refractivity contribution >= 4 is 11.8 Å². The van der Waals surface area contributed by atoms with E-state index in [1.807, 2.05) is 23.9 Å². The summed E-state index contributed by atoms with van der Waals surface area (Å²) in [6, 6.07) is 8.43. The Hall–Kier alpha value is -0.510. The summed E-state index contributed by atoms with van der Waals surface area (Å²) in [5, 5.41) is 13.2. The number of hydrogen-bond donors (Lipinski definition) is 2. The fourth-order valence-corrected chi connectivity index (χ4v) is 1.77. The highest BCUT2D eigenvalue weighted by Crippen LogP contribution is 2.15. The molecule has 0 aliphatic rings. The lowest BCUT2D eigenvalue weighted by atomic mass is 10.1. The van der Waals surface area contributed by atoms with Gasteiger partial charge in [-0.25, -0.2) is 0 Å². The third-order valence-corrected chi connectivity index (χ3v) is 3.72. The molecule has 2 unspecified atom stereocenters. The molecular weight excluding hydrogens is 218 g/mol. The summed E-state index contributed by atoms with van der Waals surface area (Å²) in [7, 11) is 0. The van der Waals surface area contributed by atoms with Gasteiger partial charge in [0.15, 0.2) is 0 Å². The van der Waals surface area contributed by atoms with E-state index in [1.165, 1.54) is 5.56 Å². The molecule has 2 N–H and O–H groups in total. The van der Waals surface area contributed by atoms with Crippen molar-refractivity contribution in [3.05, 3.63) is 35.4 Å². The molecule has 0 saturated carbocycles. The molecule has 1 rings (SSSR count). The second kappa shape index (κ2) is 6.94. The highest BCUT2D eigenvalue weighted by atomic mass is 32.2. The number of benzene rings is 1. The van der Waals surface area contributed by atoms with Crippen molar-refractivity contribution in [2.24, 2.45) is 0 Å². The molecule has 90 valence electrons. The number of aliphatic hydroxyl groups excluding tert-OH is 1. The zero-order valence-electron chi connectivity index (χ0n) is 10.2. The minimum absolute atomic E-state index is 0.113. The summed E-state index contributed by atoms with van der Waals surface area (Å²) in [5.74, 6) is 0. The van der Waals surface area contributed by atoms with Gasteiger partial charge in [-0.15, -0.1) is 0 Å². The third kappa shape index (κ3) is 4.16. The van der Waals surface area contributed by atoms with Crippen molar-refractivity contribution in [1.29, 1.82) is 0 Å². The maximum absolute atomic E-state index is 9.08. The first-order valence-electron chi connectivity index (χ1n) is 5.63. The van der Waals surface area contributed by atoms with E-state index >= 15 is 0 Å². The van der Waals surface area contributed by atoms with E-state index in [9.17, 15) is 0 Å². The van der Waals surface area contributed by atoms with Crippen molar-refractivity contribution < 1.29 is 5.11 Å². The molecule has 0 aromatic heterocycles. The first-order valence-corrected chi connectivity index (χ1v) is 6.92. The van der Waals surface area contributed by atoms with Crippen LogP contribution in [0.4, 0.5) is 0 Å². The average Bonchev–Trinajstić information content (AvgIpc) is 2.35. The monoisotopic (exact) mass is 239 g/mol. The summed E-state index contributed by atoms with van der Waals surface area (Å²) in [5.41, 5.74) is 2.21. The number of rotatable bonds is 6. The quantitative estimate of drug-likeness (QED) is 0.800. The minimum atomic E-state index is 0.113. The van der Waals surface area contributed by atoms with Gasteiger partial charge in [-0.2, -0.15) is 11.8 Å². The Kier molecular flexibility index (Phi) is 5.88. The van der Waals surface area contributed by atoms with Gasteiger partial charge >= 0.3 is 0 Å². The summed E-state index contributed by atoms with van der Waals surface area (Å²) in [6.45, 7) is 5.49. The molecule has 16 heavy (non-hydrogen) atoms. The topological polar surface area (TPSA) is 32.3 Å². The van der Waals surface area contributed by atoms with Crippen LogP contribution in [0, 0.1) is 0 Å². The van der Waals surface area contributed by atoms with Crippen LogP contribution in [-0.2, 0) is 6.61 Å². The average molecular weight is 239 g/mol. The molecule has 1 aromatic rings. The van der Waals surface area contributed by atoms with Crippen molar-refractivity contribution in [2.45, 2.75) is 31.7 Å².